The third-order valence-electron chi connectivity index (χ3n) is 4.09. The lowest BCUT2D eigenvalue weighted by atomic mass is 9.79. The van der Waals surface area contributed by atoms with E-state index in [1.807, 2.05) is 6.92 Å². The number of nitrogens with two attached hydrogens (primary N) is 1. The number of hydrogen-bond acceptors (Lipinski definition) is 3. The molecule has 1 aliphatic rings. The highest BCUT2D eigenvalue weighted by Gasteiger charge is 2.34. The molecule has 0 atom stereocenters. The highest BCUT2D eigenvalue weighted by Crippen LogP contribution is 2.31. The molecular weight excluding hydrogens is 281 g/mol. The van der Waals surface area contributed by atoms with Crippen LogP contribution in [0.2, 0.25) is 5.02 Å². The fraction of sp³-hybridized carbons (Fsp3) is 0.500. The van der Waals surface area contributed by atoms with Gasteiger partial charge in [0, 0.05) is 22.5 Å². The van der Waals surface area contributed by atoms with Crippen molar-refractivity contribution in [1.82, 2.24) is 4.90 Å². The Bertz CT molecular complexity index is 513. The second-order valence-corrected chi connectivity index (χ2v) is 5.99. The number of oxime groups is 1. The van der Waals surface area contributed by atoms with E-state index in [2.05, 4.69) is 10.1 Å². The van der Waals surface area contributed by atoms with Crippen molar-refractivity contribution >= 4 is 17.4 Å². The van der Waals surface area contributed by atoms with Gasteiger partial charge in [0.15, 0.2) is 0 Å². The summed E-state index contributed by atoms with van der Waals surface area (Å²) < 4.78 is 13.8. The zero-order valence-corrected chi connectivity index (χ0v) is 12.2. The molecule has 1 fully saturated rings. The quantitative estimate of drug-likeness (QED) is 0.390. The fourth-order valence-corrected chi connectivity index (χ4v) is 2.63. The summed E-state index contributed by atoms with van der Waals surface area (Å²) in [4.78, 5) is 2.17. The Kier molecular flexibility index (Phi) is 4.50. The molecule has 1 aromatic rings. The third-order valence-corrected chi connectivity index (χ3v) is 4.33. The summed E-state index contributed by atoms with van der Waals surface area (Å²) in [7, 11) is 0. The van der Waals surface area contributed by atoms with Gasteiger partial charge >= 0.3 is 0 Å². The zero-order chi connectivity index (χ0) is 14.8. The Hall–Kier alpha value is -1.33. The molecule has 0 aromatic heterocycles. The van der Waals surface area contributed by atoms with Crippen LogP contribution in [0.3, 0.4) is 0 Å². The van der Waals surface area contributed by atoms with Crippen LogP contribution in [0.1, 0.15) is 25.3 Å². The minimum absolute atomic E-state index is 0.273. The Balaban J connectivity index is 1.98. The summed E-state index contributed by atoms with van der Waals surface area (Å²) in [6, 6.07) is 4.75. The van der Waals surface area contributed by atoms with Crippen LogP contribution in [0.25, 0.3) is 0 Å². The van der Waals surface area contributed by atoms with Gasteiger partial charge in [0.1, 0.15) is 11.7 Å². The van der Waals surface area contributed by atoms with Crippen molar-refractivity contribution in [2.24, 2.45) is 16.3 Å². The van der Waals surface area contributed by atoms with Gasteiger partial charge in [-0.05, 0) is 38.1 Å². The van der Waals surface area contributed by atoms with E-state index in [4.69, 9.17) is 22.5 Å². The van der Waals surface area contributed by atoms with E-state index in [1.54, 1.807) is 12.1 Å². The van der Waals surface area contributed by atoms with Crippen LogP contribution < -0.4 is 5.73 Å². The minimum atomic E-state index is -0.276. The molecule has 0 bridgehead atoms. The van der Waals surface area contributed by atoms with Gasteiger partial charge in [0.05, 0.1) is 0 Å². The van der Waals surface area contributed by atoms with Crippen LogP contribution in [-0.2, 0) is 6.54 Å². The number of piperidine rings is 1. The molecule has 1 saturated heterocycles. The molecule has 6 heteroatoms. The van der Waals surface area contributed by atoms with Crippen molar-refractivity contribution in [3.8, 4) is 0 Å². The van der Waals surface area contributed by atoms with Crippen molar-refractivity contribution < 1.29 is 9.60 Å². The lowest BCUT2D eigenvalue weighted by molar-refractivity contribution is 0.151. The van der Waals surface area contributed by atoms with Crippen LogP contribution in [-0.4, -0.2) is 29.0 Å². The van der Waals surface area contributed by atoms with Gasteiger partial charge in [-0.3, -0.25) is 4.90 Å². The second-order valence-electron chi connectivity index (χ2n) is 5.56. The standard InChI is InChI=1S/C14H19ClFN3O/c1-14(13(17)18-20)4-6-19(7-5-14)9-10-2-3-11(15)8-12(10)16/h2-3,8,20H,4-7,9H2,1H3,(H2,17,18). The molecule has 0 saturated carbocycles. The molecule has 0 amide bonds. The van der Waals surface area contributed by atoms with E-state index in [0.717, 1.165) is 25.9 Å². The number of benzene rings is 1. The van der Waals surface area contributed by atoms with E-state index in [1.165, 1.54) is 6.07 Å². The van der Waals surface area contributed by atoms with Crippen LogP contribution in [0.4, 0.5) is 4.39 Å². The Morgan fingerprint density at radius 3 is 2.70 bits per heavy atom. The van der Waals surface area contributed by atoms with Crippen molar-refractivity contribution in [3.05, 3.63) is 34.6 Å². The van der Waals surface area contributed by atoms with Gasteiger partial charge in [0.25, 0.3) is 0 Å². The lowest BCUT2D eigenvalue weighted by Gasteiger charge is -2.38. The van der Waals surface area contributed by atoms with Crippen molar-refractivity contribution in [3.63, 3.8) is 0 Å². The number of amidine groups is 1. The maximum Gasteiger partial charge on any atom is 0.145 e. The first-order valence-electron chi connectivity index (χ1n) is 6.59. The highest BCUT2D eigenvalue weighted by atomic mass is 35.5. The average molecular weight is 300 g/mol. The lowest BCUT2D eigenvalue weighted by Crippen LogP contribution is -2.45. The fourth-order valence-electron chi connectivity index (χ4n) is 2.47. The SMILES string of the molecule is CC1(/C(N)=N/O)CCN(Cc2ccc(Cl)cc2F)CC1. The molecule has 1 aliphatic heterocycles. The largest absolute Gasteiger partial charge is 0.409 e. The van der Waals surface area contributed by atoms with Crippen molar-refractivity contribution in [2.45, 2.75) is 26.3 Å². The molecule has 110 valence electrons. The number of halogens is 2. The zero-order valence-electron chi connectivity index (χ0n) is 11.4. The first-order valence-corrected chi connectivity index (χ1v) is 6.97. The Labute approximate surface area is 123 Å². The Morgan fingerprint density at radius 2 is 2.15 bits per heavy atom. The second kappa shape index (κ2) is 5.97. The maximum atomic E-state index is 13.8. The maximum absolute atomic E-state index is 13.8. The van der Waals surface area contributed by atoms with Crippen LogP contribution in [0, 0.1) is 11.2 Å². The molecule has 0 aliphatic carbocycles. The summed E-state index contributed by atoms with van der Waals surface area (Å²) in [5.41, 5.74) is 6.09. The van der Waals surface area contributed by atoms with E-state index in [0.29, 0.717) is 17.1 Å². The smallest absolute Gasteiger partial charge is 0.145 e. The summed E-state index contributed by atoms with van der Waals surface area (Å²) >= 11 is 5.74. The molecule has 1 aromatic carbocycles. The van der Waals surface area contributed by atoms with Crippen LogP contribution in [0.5, 0.6) is 0 Å². The molecular formula is C14H19ClFN3O. The summed E-state index contributed by atoms with van der Waals surface area (Å²) in [5, 5.41) is 12.3. The molecule has 0 radical (unpaired) electrons. The summed E-state index contributed by atoms with van der Waals surface area (Å²) in [6.45, 7) is 4.11. The van der Waals surface area contributed by atoms with E-state index in [-0.39, 0.29) is 17.1 Å². The van der Waals surface area contributed by atoms with Gasteiger partial charge in [-0.15, -0.1) is 0 Å². The molecule has 3 N–H and O–H groups in total. The van der Waals surface area contributed by atoms with Crippen LogP contribution >= 0.6 is 11.6 Å². The number of rotatable bonds is 3. The first kappa shape index (κ1) is 15.1. The molecule has 1 heterocycles. The van der Waals surface area contributed by atoms with Crippen LogP contribution in [0.15, 0.2) is 23.4 Å². The van der Waals surface area contributed by atoms with Crippen molar-refractivity contribution in [2.75, 3.05) is 13.1 Å². The van der Waals surface area contributed by atoms with E-state index in [9.17, 15) is 4.39 Å². The third kappa shape index (κ3) is 3.22. The molecule has 20 heavy (non-hydrogen) atoms. The molecule has 4 nitrogen and oxygen atoms in total. The van der Waals surface area contributed by atoms with E-state index < -0.39 is 0 Å². The van der Waals surface area contributed by atoms with Gasteiger partial charge < -0.3 is 10.9 Å². The summed E-state index contributed by atoms with van der Waals surface area (Å²) in [6.07, 6.45) is 1.58. The number of nitrogens with zero attached hydrogens (tertiary/aromatic N) is 2. The molecule has 0 spiro atoms. The highest BCUT2D eigenvalue weighted by molar-refractivity contribution is 6.30. The minimum Gasteiger partial charge on any atom is -0.409 e. The monoisotopic (exact) mass is 299 g/mol. The van der Waals surface area contributed by atoms with Gasteiger partial charge in [-0.1, -0.05) is 29.7 Å². The average Bonchev–Trinajstić information content (AvgIpc) is 2.43. The predicted octanol–water partition coefficient (Wildman–Crippen LogP) is 2.83. The van der Waals surface area contributed by atoms with Gasteiger partial charge in [-0.25, -0.2) is 4.39 Å². The molecule has 0 unspecified atom stereocenters. The normalized spacial score (nSPS) is 20.1. The topological polar surface area (TPSA) is 61.9 Å². The predicted molar refractivity (Wildman–Crippen MR) is 77.4 cm³/mol. The summed E-state index contributed by atoms with van der Waals surface area (Å²) in [5.74, 6) is -0.00269. The Morgan fingerprint density at radius 1 is 1.50 bits per heavy atom. The van der Waals surface area contributed by atoms with Gasteiger partial charge in [-0.2, -0.15) is 0 Å². The van der Waals surface area contributed by atoms with Gasteiger partial charge in [0.2, 0.25) is 0 Å². The first-order chi connectivity index (χ1) is 9.44. The van der Waals surface area contributed by atoms with Crippen molar-refractivity contribution in [1.29, 1.82) is 0 Å². The number of likely N-dealkylation sites (tertiary alicyclic amines) is 1. The molecule has 2 rings (SSSR count). The number of hydrogen-bond donors (Lipinski definition) is 2. The van der Waals surface area contributed by atoms with E-state index >= 15 is 0 Å².